The summed E-state index contributed by atoms with van der Waals surface area (Å²) in [6.07, 6.45) is 7.21. The lowest BCUT2D eigenvalue weighted by Crippen LogP contribution is -2.36. The van der Waals surface area contributed by atoms with Crippen LogP contribution in [0.4, 0.5) is 5.69 Å². The smallest absolute Gasteiger partial charge is 0.247 e. The minimum Gasteiger partial charge on any atom is -0.496 e. The van der Waals surface area contributed by atoms with Crippen LogP contribution >= 0.6 is 0 Å². The van der Waals surface area contributed by atoms with Crippen molar-refractivity contribution in [3.8, 4) is 5.75 Å². The van der Waals surface area contributed by atoms with Crippen molar-refractivity contribution < 1.29 is 9.53 Å². The van der Waals surface area contributed by atoms with Crippen LogP contribution in [0.2, 0.25) is 0 Å². The third kappa shape index (κ3) is 4.38. The average Bonchev–Trinajstić information content (AvgIpc) is 3.25. The molecule has 1 aliphatic rings. The van der Waals surface area contributed by atoms with Gasteiger partial charge >= 0.3 is 0 Å². The maximum absolute atomic E-state index is 13.1. The van der Waals surface area contributed by atoms with Crippen molar-refractivity contribution in [3.63, 3.8) is 0 Å². The second-order valence-electron chi connectivity index (χ2n) is 7.55. The third-order valence-corrected chi connectivity index (χ3v) is 5.43. The fourth-order valence-corrected chi connectivity index (χ4v) is 3.82. The number of benzene rings is 2. The first-order valence-corrected chi connectivity index (χ1v) is 10.2. The zero-order chi connectivity index (χ0) is 21.8. The van der Waals surface area contributed by atoms with Crippen molar-refractivity contribution in [2.75, 3.05) is 18.6 Å². The van der Waals surface area contributed by atoms with E-state index in [9.17, 15) is 4.79 Å². The summed E-state index contributed by atoms with van der Waals surface area (Å²) in [7, 11) is 1.68. The molecule has 31 heavy (non-hydrogen) atoms. The molecule has 1 aliphatic heterocycles. The van der Waals surface area contributed by atoms with Crippen LogP contribution in [-0.2, 0) is 17.9 Å². The van der Waals surface area contributed by atoms with E-state index in [0.29, 0.717) is 13.1 Å². The number of amides is 1. The van der Waals surface area contributed by atoms with E-state index >= 15 is 0 Å². The zero-order valence-electron chi connectivity index (χ0n) is 17.9. The van der Waals surface area contributed by atoms with Crippen LogP contribution < -0.4 is 9.64 Å². The van der Waals surface area contributed by atoms with Gasteiger partial charge in [-0.2, -0.15) is 0 Å². The summed E-state index contributed by atoms with van der Waals surface area (Å²) in [5.74, 6) is 0.827. The van der Waals surface area contributed by atoms with Gasteiger partial charge in [-0.1, -0.05) is 43.0 Å². The summed E-state index contributed by atoms with van der Waals surface area (Å²) < 4.78 is 7.30. The van der Waals surface area contributed by atoms with E-state index in [1.165, 1.54) is 0 Å². The summed E-state index contributed by atoms with van der Waals surface area (Å²) in [6.45, 7) is 7.64. The van der Waals surface area contributed by atoms with Crippen molar-refractivity contribution in [3.05, 3.63) is 96.9 Å². The number of anilines is 1. The van der Waals surface area contributed by atoms with Crippen LogP contribution in [0, 0.1) is 0 Å². The monoisotopic (exact) mass is 414 g/mol. The minimum atomic E-state index is -0.00104. The maximum atomic E-state index is 13.1. The summed E-state index contributed by atoms with van der Waals surface area (Å²) >= 11 is 0. The van der Waals surface area contributed by atoms with E-state index in [1.807, 2.05) is 47.4 Å². The number of hydrogen-bond donors (Lipinski definition) is 0. The van der Waals surface area contributed by atoms with Gasteiger partial charge < -0.3 is 19.1 Å². The summed E-state index contributed by atoms with van der Waals surface area (Å²) in [6, 6.07) is 16.0. The lowest BCUT2D eigenvalue weighted by atomic mass is 10.1. The standard InChI is InChI=1S/C25H26N4O2/c1-19(22-9-5-7-11-24(22)31-3)14-28-16-21-8-4-6-10-23(21)29(15-20(28)2)25(30)17-27-13-12-26-18-27/h4-14,18H,2,15-17H2,1,3H3. The van der Waals surface area contributed by atoms with E-state index < -0.39 is 0 Å². The summed E-state index contributed by atoms with van der Waals surface area (Å²) in [5, 5.41) is 0. The molecule has 3 aromatic rings. The first kappa shape index (κ1) is 20.5. The number of rotatable bonds is 5. The van der Waals surface area contributed by atoms with Crippen LogP contribution in [0.25, 0.3) is 5.57 Å². The van der Waals surface area contributed by atoms with Gasteiger partial charge in [0.15, 0.2) is 0 Å². The summed E-state index contributed by atoms with van der Waals surface area (Å²) in [4.78, 5) is 21.1. The molecule has 6 nitrogen and oxygen atoms in total. The first-order chi connectivity index (χ1) is 15.1. The highest BCUT2D eigenvalue weighted by atomic mass is 16.5. The number of allylic oxidation sites excluding steroid dienone is 1. The van der Waals surface area contributed by atoms with Crippen molar-refractivity contribution in [1.29, 1.82) is 0 Å². The van der Waals surface area contributed by atoms with Crippen LogP contribution in [-0.4, -0.2) is 34.0 Å². The Labute approximate surface area is 182 Å². The van der Waals surface area contributed by atoms with Crippen LogP contribution in [0.3, 0.4) is 0 Å². The number of hydrogen-bond acceptors (Lipinski definition) is 4. The fourth-order valence-electron chi connectivity index (χ4n) is 3.82. The number of methoxy groups -OCH3 is 1. The molecule has 0 aliphatic carbocycles. The number of carbonyl (C=O) groups excluding carboxylic acids is 1. The molecule has 1 aromatic heterocycles. The molecular formula is C25H26N4O2. The molecule has 0 atom stereocenters. The Morgan fingerprint density at radius 2 is 1.94 bits per heavy atom. The number of fused-ring (bicyclic) bond motifs is 1. The van der Waals surface area contributed by atoms with Gasteiger partial charge in [0.05, 0.1) is 20.0 Å². The maximum Gasteiger partial charge on any atom is 0.247 e. The number of para-hydroxylation sites is 2. The van der Waals surface area contributed by atoms with Crippen molar-refractivity contribution >= 4 is 17.2 Å². The molecule has 2 aromatic carbocycles. The van der Waals surface area contributed by atoms with E-state index in [1.54, 1.807) is 30.4 Å². The van der Waals surface area contributed by atoms with E-state index in [-0.39, 0.29) is 12.5 Å². The molecule has 0 N–H and O–H groups in total. The molecule has 2 heterocycles. The highest BCUT2D eigenvalue weighted by Crippen LogP contribution is 2.31. The van der Waals surface area contributed by atoms with Gasteiger partial charge in [0, 0.05) is 42.1 Å². The molecule has 158 valence electrons. The quantitative estimate of drug-likeness (QED) is 0.624. The summed E-state index contributed by atoms with van der Waals surface area (Å²) in [5.41, 5.74) is 4.94. The Bertz CT molecular complexity index is 1120. The average molecular weight is 415 g/mol. The predicted octanol–water partition coefficient (Wildman–Crippen LogP) is 4.32. The van der Waals surface area contributed by atoms with E-state index in [0.717, 1.165) is 33.8 Å². The largest absolute Gasteiger partial charge is 0.496 e. The van der Waals surface area contributed by atoms with Gasteiger partial charge in [-0.25, -0.2) is 4.98 Å². The van der Waals surface area contributed by atoms with Gasteiger partial charge in [0.1, 0.15) is 12.3 Å². The Balaban J connectivity index is 1.65. The number of carbonyl (C=O) groups is 1. The Hall–Kier alpha value is -3.80. The molecule has 0 bridgehead atoms. The molecule has 0 spiro atoms. The highest BCUT2D eigenvalue weighted by Gasteiger charge is 2.25. The number of aromatic nitrogens is 2. The minimum absolute atomic E-state index is 0.00104. The number of nitrogens with zero attached hydrogens (tertiary/aromatic N) is 4. The SMILES string of the molecule is C=C1CN(C(=O)Cn2ccnc2)c2ccccc2CN1C=C(C)c1ccccc1OC. The van der Waals surface area contributed by atoms with Crippen molar-refractivity contribution in [2.24, 2.45) is 0 Å². The Kier molecular flexibility index (Phi) is 5.89. The molecule has 1 amide bonds. The molecular weight excluding hydrogens is 388 g/mol. The van der Waals surface area contributed by atoms with Crippen LogP contribution in [0.15, 0.2) is 85.7 Å². The van der Waals surface area contributed by atoms with Crippen LogP contribution in [0.1, 0.15) is 18.1 Å². The van der Waals surface area contributed by atoms with Gasteiger partial charge in [-0.15, -0.1) is 0 Å². The molecule has 0 saturated heterocycles. The number of imidazole rings is 1. The second-order valence-corrected chi connectivity index (χ2v) is 7.55. The van der Waals surface area contributed by atoms with Gasteiger partial charge in [-0.05, 0) is 30.2 Å². The molecule has 0 radical (unpaired) electrons. The second kappa shape index (κ2) is 8.92. The fraction of sp³-hybridized carbons (Fsp3) is 0.200. The van der Waals surface area contributed by atoms with E-state index in [4.69, 9.17) is 4.74 Å². The molecule has 0 unspecified atom stereocenters. The van der Waals surface area contributed by atoms with Crippen LogP contribution in [0.5, 0.6) is 5.75 Å². The van der Waals surface area contributed by atoms with Crippen molar-refractivity contribution in [2.45, 2.75) is 20.0 Å². The number of ether oxygens (including phenoxy) is 1. The highest BCUT2D eigenvalue weighted by molar-refractivity contribution is 5.94. The van der Waals surface area contributed by atoms with Gasteiger partial charge in [0.25, 0.3) is 0 Å². The van der Waals surface area contributed by atoms with Crippen molar-refractivity contribution in [1.82, 2.24) is 14.5 Å². The third-order valence-electron chi connectivity index (χ3n) is 5.43. The lowest BCUT2D eigenvalue weighted by Gasteiger charge is -2.25. The molecule has 0 fully saturated rings. The van der Waals surface area contributed by atoms with Gasteiger partial charge in [0.2, 0.25) is 5.91 Å². The first-order valence-electron chi connectivity index (χ1n) is 10.2. The molecule has 0 saturated carbocycles. The Morgan fingerprint density at radius 3 is 2.71 bits per heavy atom. The Morgan fingerprint density at radius 1 is 1.16 bits per heavy atom. The van der Waals surface area contributed by atoms with E-state index in [2.05, 4.69) is 35.7 Å². The lowest BCUT2D eigenvalue weighted by molar-refractivity contribution is -0.119. The zero-order valence-corrected chi connectivity index (χ0v) is 17.9. The molecule has 6 heteroatoms. The predicted molar refractivity (Wildman–Crippen MR) is 122 cm³/mol. The topological polar surface area (TPSA) is 50.6 Å². The normalized spacial score (nSPS) is 14.3. The molecule has 4 rings (SSSR count). The van der Waals surface area contributed by atoms with Gasteiger partial charge in [-0.3, -0.25) is 4.79 Å².